The van der Waals surface area contributed by atoms with Crippen LogP contribution in [0.25, 0.3) is 0 Å². The Morgan fingerprint density at radius 2 is 2.00 bits per heavy atom. The fourth-order valence-corrected chi connectivity index (χ4v) is 2.33. The Morgan fingerprint density at radius 1 is 1.26 bits per heavy atom. The van der Waals surface area contributed by atoms with E-state index in [-0.39, 0.29) is 18.7 Å². The van der Waals surface area contributed by atoms with Gasteiger partial charge in [0.2, 0.25) is 0 Å². The maximum absolute atomic E-state index is 12.8. The van der Waals surface area contributed by atoms with E-state index >= 15 is 0 Å². The number of nitrogens with zero attached hydrogens (tertiary/aromatic N) is 1. The number of ether oxygens (including phenoxy) is 1. The Labute approximate surface area is 163 Å². The number of terminal acetylenes is 1. The molecule has 0 spiro atoms. The number of nitrogens with one attached hydrogen (secondary N) is 2. The Hall–Kier alpha value is -3.18. The maximum Gasteiger partial charge on any atom is 0.259 e. The van der Waals surface area contributed by atoms with Crippen molar-refractivity contribution in [3.63, 3.8) is 0 Å². The maximum atomic E-state index is 12.8. The van der Waals surface area contributed by atoms with Gasteiger partial charge < -0.3 is 10.1 Å². The lowest BCUT2D eigenvalue weighted by Gasteiger charge is -2.07. The number of carbonyl (C=O) groups excluding carboxylic acids is 2. The molecule has 6 nitrogen and oxygen atoms in total. The van der Waals surface area contributed by atoms with Crippen molar-refractivity contribution in [1.29, 1.82) is 0 Å². The van der Waals surface area contributed by atoms with Crippen LogP contribution in [0.5, 0.6) is 5.75 Å². The lowest BCUT2D eigenvalue weighted by molar-refractivity contribution is -0.120. The van der Waals surface area contributed by atoms with Gasteiger partial charge in [-0.2, -0.15) is 5.10 Å². The minimum Gasteiger partial charge on any atom is -0.480 e. The summed E-state index contributed by atoms with van der Waals surface area (Å²) >= 11 is 3.34. The number of amides is 2. The smallest absolute Gasteiger partial charge is 0.259 e. The fourth-order valence-electron chi connectivity index (χ4n) is 1.95. The van der Waals surface area contributed by atoms with Gasteiger partial charge >= 0.3 is 0 Å². The lowest BCUT2D eigenvalue weighted by atomic mass is 10.2. The highest BCUT2D eigenvalue weighted by atomic mass is 79.9. The molecule has 2 amide bonds. The monoisotopic (exact) mass is 431 g/mol. The van der Waals surface area contributed by atoms with Gasteiger partial charge in [-0.3, -0.25) is 9.59 Å². The molecule has 0 aliphatic heterocycles. The quantitative estimate of drug-likeness (QED) is 0.401. The van der Waals surface area contributed by atoms with E-state index in [4.69, 9.17) is 11.2 Å². The first-order chi connectivity index (χ1) is 13.0. The standard InChI is InChI=1S/C19H15BrFN3O3/c1-2-9-27-17-8-5-15(20)10-14(17)11-23-24-18(25)12-22-19(26)13-3-6-16(21)7-4-13/h1,3-8,10-11H,9,12H2,(H,22,26)(H,24,25)/b23-11+. The van der Waals surface area contributed by atoms with Crippen molar-refractivity contribution in [3.05, 3.63) is 63.9 Å². The van der Waals surface area contributed by atoms with Crippen LogP contribution in [0.4, 0.5) is 4.39 Å². The molecule has 2 rings (SSSR count). The summed E-state index contributed by atoms with van der Waals surface area (Å²) in [5.74, 6) is 1.41. The summed E-state index contributed by atoms with van der Waals surface area (Å²) in [6.45, 7) is -0.184. The summed E-state index contributed by atoms with van der Waals surface area (Å²) in [5, 5.41) is 6.25. The molecule has 2 N–H and O–H groups in total. The number of halogens is 2. The predicted molar refractivity (Wildman–Crippen MR) is 103 cm³/mol. The lowest BCUT2D eigenvalue weighted by Crippen LogP contribution is -2.34. The topological polar surface area (TPSA) is 79.8 Å². The SMILES string of the molecule is C#CCOc1ccc(Br)cc1/C=N/NC(=O)CNC(=O)c1ccc(F)cc1. The van der Waals surface area contributed by atoms with E-state index in [0.717, 1.165) is 16.6 Å². The zero-order valence-corrected chi connectivity index (χ0v) is 15.6. The molecule has 27 heavy (non-hydrogen) atoms. The molecule has 2 aromatic carbocycles. The molecule has 0 fully saturated rings. The van der Waals surface area contributed by atoms with Gasteiger partial charge in [-0.15, -0.1) is 6.42 Å². The molecule has 0 aromatic heterocycles. The first-order valence-corrected chi connectivity index (χ1v) is 8.50. The highest BCUT2D eigenvalue weighted by Gasteiger charge is 2.08. The van der Waals surface area contributed by atoms with Crippen LogP contribution >= 0.6 is 15.9 Å². The molecule has 8 heteroatoms. The van der Waals surface area contributed by atoms with Crippen LogP contribution in [0.1, 0.15) is 15.9 Å². The van der Waals surface area contributed by atoms with Crippen molar-refractivity contribution in [2.24, 2.45) is 5.10 Å². The van der Waals surface area contributed by atoms with Crippen molar-refractivity contribution < 1.29 is 18.7 Å². The molecular weight excluding hydrogens is 417 g/mol. The zero-order chi connectivity index (χ0) is 19.6. The van der Waals surface area contributed by atoms with Crippen molar-refractivity contribution in [2.45, 2.75) is 0 Å². The number of benzene rings is 2. The molecule has 0 aliphatic carbocycles. The van der Waals surface area contributed by atoms with Crippen LogP contribution < -0.4 is 15.5 Å². The first-order valence-electron chi connectivity index (χ1n) is 7.71. The van der Waals surface area contributed by atoms with Crippen molar-refractivity contribution in [3.8, 4) is 18.1 Å². The summed E-state index contributed by atoms with van der Waals surface area (Å²) in [6.07, 6.45) is 6.57. The highest BCUT2D eigenvalue weighted by molar-refractivity contribution is 9.10. The number of carbonyl (C=O) groups is 2. The van der Waals surface area contributed by atoms with Gasteiger partial charge in [-0.1, -0.05) is 21.9 Å². The van der Waals surface area contributed by atoms with Gasteiger partial charge in [0.1, 0.15) is 18.2 Å². The van der Waals surface area contributed by atoms with Gasteiger partial charge in [0, 0.05) is 15.6 Å². The van der Waals surface area contributed by atoms with E-state index in [9.17, 15) is 14.0 Å². The Kier molecular flexibility index (Phi) is 7.52. The molecule has 138 valence electrons. The molecule has 0 saturated carbocycles. The third-order valence-electron chi connectivity index (χ3n) is 3.19. The summed E-state index contributed by atoms with van der Waals surface area (Å²) in [6, 6.07) is 10.2. The molecule has 0 heterocycles. The minimum absolute atomic E-state index is 0.101. The van der Waals surface area contributed by atoms with Crippen LogP contribution in [0.15, 0.2) is 52.0 Å². The average Bonchev–Trinajstić information content (AvgIpc) is 2.66. The second kappa shape index (κ2) is 10.1. The van der Waals surface area contributed by atoms with Crippen LogP contribution in [0.3, 0.4) is 0 Å². The van der Waals surface area contributed by atoms with Crippen LogP contribution in [0.2, 0.25) is 0 Å². The molecule has 0 radical (unpaired) electrons. The third kappa shape index (κ3) is 6.56. The van der Waals surface area contributed by atoms with Crippen molar-refractivity contribution in [2.75, 3.05) is 13.2 Å². The van der Waals surface area contributed by atoms with E-state index in [1.165, 1.54) is 18.3 Å². The van der Waals surface area contributed by atoms with Crippen LogP contribution in [-0.2, 0) is 4.79 Å². The predicted octanol–water partition coefficient (Wildman–Crippen LogP) is 2.48. The number of hydrazone groups is 1. The van der Waals surface area contributed by atoms with Gasteiger partial charge in [0.05, 0.1) is 12.8 Å². The molecule has 0 unspecified atom stereocenters. The average molecular weight is 432 g/mol. The van der Waals surface area contributed by atoms with Gasteiger partial charge in [0.25, 0.3) is 11.8 Å². The van der Waals surface area contributed by atoms with E-state index in [0.29, 0.717) is 11.3 Å². The Balaban J connectivity index is 1.88. The molecule has 0 saturated heterocycles. The minimum atomic E-state index is -0.525. The van der Waals surface area contributed by atoms with Crippen LogP contribution in [0, 0.1) is 18.2 Å². The number of hydrogen-bond acceptors (Lipinski definition) is 4. The molecular formula is C19H15BrFN3O3. The normalized spacial score (nSPS) is 10.3. The van der Waals surface area contributed by atoms with Gasteiger partial charge in [-0.05, 0) is 42.5 Å². The third-order valence-corrected chi connectivity index (χ3v) is 3.68. The van der Waals surface area contributed by atoms with E-state index in [1.54, 1.807) is 18.2 Å². The summed E-state index contributed by atoms with van der Waals surface area (Å²) in [4.78, 5) is 23.6. The van der Waals surface area contributed by atoms with Gasteiger partial charge in [0.15, 0.2) is 0 Å². The Morgan fingerprint density at radius 3 is 2.70 bits per heavy atom. The van der Waals surface area contributed by atoms with Crippen LogP contribution in [-0.4, -0.2) is 31.2 Å². The van der Waals surface area contributed by atoms with Gasteiger partial charge in [-0.25, -0.2) is 9.82 Å². The number of rotatable bonds is 7. The summed E-state index contributed by atoms with van der Waals surface area (Å²) < 4.78 is 19.0. The highest BCUT2D eigenvalue weighted by Crippen LogP contribution is 2.21. The molecule has 0 bridgehead atoms. The van der Waals surface area contributed by atoms with Crippen molar-refractivity contribution >= 4 is 34.0 Å². The second-order valence-corrected chi connectivity index (χ2v) is 6.07. The largest absolute Gasteiger partial charge is 0.480 e. The van der Waals surface area contributed by atoms with E-state index < -0.39 is 17.6 Å². The second-order valence-electron chi connectivity index (χ2n) is 5.16. The summed E-state index contributed by atoms with van der Waals surface area (Å²) in [5.41, 5.74) is 3.15. The van der Waals surface area contributed by atoms with Crippen molar-refractivity contribution in [1.82, 2.24) is 10.7 Å². The fraction of sp³-hybridized carbons (Fsp3) is 0.105. The van der Waals surface area contributed by atoms with E-state index in [1.807, 2.05) is 0 Å². The molecule has 0 aliphatic rings. The first kappa shape index (κ1) is 20.1. The molecule has 2 aromatic rings. The Bertz CT molecular complexity index is 892. The zero-order valence-electron chi connectivity index (χ0n) is 14.0. The number of hydrogen-bond donors (Lipinski definition) is 2. The summed E-state index contributed by atoms with van der Waals surface area (Å²) in [7, 11) is 0. The molecule has 0 atom stereocenters. The van der Waals surface area contributed by atoms with E-state index in [2.05, 4.69) is 37.7 Å².